The predicted molar refractivity (Wildman–Crippen MR) is 124 cm³/mol. The van der Waals surface area contributed by atoms with Crippen LogP contribution in [0.25, 0.3) is 43.9 Å². The van der Waals surface area contributed by atoms with Crippen molar-refractivity contribution in [3.8, 4) is 0 Å². The fraction of sp³-hybridized carbons (Fsp3) is 0.143. The van der Waals surface area contributed by atoms with Crippen LogP contribution in [-0.4, -0.2) is 0 Å². The zero-order chi connectivity index (χ0) is 20.4. The van der Waals surface area contributed by atoms with E-state index in [4.69, 9.17) is 8.83 Å². The number of rotatable bonds is 2. The maximum Gasteiger partial charge on any atom is 0.138 e. The van der Waals surface area contributed by atoms with Crippen LogP contribution in [0.1, 0.15) is 27.8 Å². The normalized spacial score (nSPS) is 12.0. The molecule has 0 radical (unpaired) electrons. The third-order valence-electron chi connectivity index (χ3n) is 6.32. The van der Waals surface area contributed by atoms with E-state index in [-0.39, 0.29) is 0 Å². The molecule has 0 bridgehead atoms. The molecular formula is C28H22O2. The van der Waals surface area contributed by atoms with Gasteiger partial charge in [0.25, 0.3) is 0 Å². The highest BCUT2D eigenvalue weighted by molar-refractivity contribution is 6.08. The molecule has 0 aliphatic carbocycles. The van der Waals surface area contributed by atoms with Gasteiger partial charge in [-0.3, -0.25) is 0 Å². The molecule has 2 nitrogen and oxygen atoms in total. The van der Waals surface area contributed by atoms with Crippen molar-refractivity contribution >= 4 is 43.9 Å². The molecule has 0 aliphatic rings. The van der Waals surface area contributed by atoms with E-state index in [9.17, 15) is 0 Å². The van der Waals surface area contributed by atoms with Crippen LogP contribution >= 0.6 is 0 Å². The number of fused-ring (bicyclic) bond motifs is 6. The van der Waals surface area contributed by atoms with Gasteiger partial charge in [-0.1, -0.05) is 42.5 Å². The third kappa shape index (κ3) is 2.50. The molecule has 6 rings (SSSR count). The molecule has 0 N–H and O–H groups in total. The lowest BCUT2D eigenvalue weighted by molar-refractivity contribution is 0.665. The van der Waals surface area contributed by atoms with Crippen molar-refractivity contribution < 1.29 is 8.83 Å². The van der Waals surface area contributed by atoms with E-state index in [1.165, 1.54) is 49.4 Å². The summed E-state index contributed by atoms with van der Waals surface area (Å²) in [4.78, 5) is 0. The third-order valence-corrected chi connectivity index (χ3v) is 6.32. The summed E-state index contributed by atoms with van der Waals surface area (Å²) in [5, 5.41) is 4.79. The van der Waals surface area contributed by atoms with Gasteiger partial charge >= 0.3 is 0 Å². The van der Waals surface area contributed by atoms with Crippen molar-refractivity contribution in [3.63, 3.8) is 0 Å². The second-order valence-electron chi connectivity index (χ2n) is 8.39. The number of furan rings is 2. The summed E-state index contributed by atoms with van der Waals surface area (Å²) in [5.74, 6) is 0. The van der Waals surface area contributed by atoms with Crippen molar-refractivity contribution in [2.45, 2.75) is 27.2 Å². The largest absolute Gasteiger partial charge is 0.456 e. The minimum absolute atomic E-state index is 0.851. The van der Waals surface area contributed by atoms with Crippen LogP contribution in [-0.2, 0) is 6.42 Å². The van der Waals surface area contributed by atoms with Crippen molar-refractivity contribution in [3.05, 3.63) is 94.5 Å². The highest BCUT2D eigenvalue weighted by Gasteiger charge is 2.14. The first-order valence-corrected chi connectivity index (χ1v) is 10.4. The van der Waals surface area contributed by atoms with Crippen LogP contribution in [0.15, 0.2) is 75.6 Å². The van der Waals surface area contributed by atoms with Gasteiger partial charge < -0.3 is 8.83 Å². The average Bonchev–Trinajstić information content (AvgIpc) is 3.30. The lowest BCUT2D eigenvalue weighted by Crippen LogP contribution is -1.91. The molecule has 0 spiro atoms. The Balaban J connectivity index is 1.46. The van der Waals surface area contributed by atoms with Gasteiger partial charge in [0.15, 0.2) is 0 Å². The number of hydrogen-bond donors (Lipinski definition) is 0. The zero-order valence-corrected chi connectivity index (χ0v) is 17.4. The Labute approximate surface area is 174 Å². The molecule has 2 heterocycles. The van der Waals surface area contributed by atoms with Crippen molar-refractivity contribution in [2.24, 2.45) is 0 Å². The smallest absolute Gasteiger partial charge is 0.138 e. The average molecular weight is 390 g/mol. The monoisotopic (exact) mass is 390 g/mol. The van der Waals surface area contributed by atoms with Crippen LogP contribution in [0.2, 0.25) is 0 Å². The maximum absolute atomic E-state index is 6.26. The van der Waals surface area contributed by atoms with Crippen LogP contribution in [0.4, 0.5) is 0 Å². The highest BCUT2D eigenvalue weighted by atomic mass is 16.3. The molecule has 4 aromatic carbocycles. The van der Waals surface area contributed by atoms with E-state index in [0.29, 0.717) is 0 Å². The van der Waals surface area contributed by atoms with E-state index in [0.717, 1.165) is 28.8 Å². The summed E-state index contributed by atoms with van der Waals surface area (Å²) < 4.78 is 12.4. The molecule has 0 atom stereocenters. The van der Waals surface area contributed by atoms with Crippen LogP contribution < -0.4 is 0 Å². The van der Waals surface area contributed by atoms with Crippen molar-refractivity contribution in [1.82, 2.24) is 0 Å². The predicted octanol–water partition coefficient (Wildman–Crippen LogP) is 8.00. The van der Waals surface area contributed by atoms with E-state index in [2.05, 4.69) is 75.4 Å². The van der Waals surface area contributed by atoms with Gasteiger partial charge in [-0.25, -0.2) is 0 Å². The summed E-state index contributed by atoms with van der Waals surface area (Å²) in [7, 11) is 0. The maximum atomic E-state index is 6.26. The summed E-state index contributed by atoms with van der Waals surface area (Å²) in [6.45, 7) is 6.44. The molecule has 0 amide bonds. The van der Waals surface area contributed by atoms with E-state index in [1.54, 1.807) is 0 Å². The summed E-state index contributed by atoms with van der Waals surface area (Å²) >= 11 is 0. The van der Waals surface area contributed by atoms with Gasteiger partial charge in [0.2, 0.25) is 0 Å². The molecule has 6 aromatic rings. The lowest BCUT2D eigenvalue weighted by atomic mass is 9.97. The number of para-hydroxylation sites is 1. The standard InChI is InChI=1S/C28H22O2/c1-16-8-9-17(2)28-27(16)22-11-10-19(14-25(22)30-28)13-20-15-26-23(12-18(20)3)21-6-4-5-7-24(21)29-26/h4-12,14-15H,13H2,1-3H3. The molecule has 0 aliphatic heterocycles. The molecular weight excluding hydrogens is 368 g/mol. The zero-order valence-electron chi connectivity index (χ0n) is 17.4. The highest BCUT2D eigenvalue weighted by Crippen LogP contribution is 2.35. The molecule has 0 fully saturated rings. The Morgan fingerprint density at radius 2 is 1.40 bits per heavy atom. The molecule has 2 aromatic heterocycles. The molecule has 2 heteroatoms. The Hall–Kier alpha value is -3.52. The van der Waals surface area contributed by atoms with Crippen LogP contribution in [0, 0.1) is 20.8 Å². The molecule has 0 unspecified atom stereocenters. The van der Waals surface area contributed by atoms with Gasteiger partial charge in [-0.05, 0) is 79.3 Å². The Morgan fingerprint density at radius 3 is 2.30 bits per heavy atom. The van der Waals surface area contributed by atoms with Gasteiger partial charge in [-0.15, -0.1) is 0 Å². The van der Waals surface area contributed by atoms with Crippen molar-refractivity contribution in [1.29, 1.82) is 0 Å². The molecule has 30 heavy (non-hydrogen) atoms. The fourth-order valence-electron chi connectivity index (χ4n) is 4.66. The topological polar surface area (TPSA) is 26.3 Å². The summed E-state index contributed by atoms with van der Waals surface area (Å²) in [6.07, 6.45) is 0.851. The minimum Gasteiger partial charge on any atom is -0.456 e. The summed E-state index contributed by atoms with van der Waals surface area (Å²) in [6, 6.07) is 23.6. The lowest BCUT2D eigenvalue weighted by Gasteiger charge is -2.07. The number of aryl methyl sites for hydroxylation is 3. The van der Waals surface area contributed by atoms with Gasteiger partial charge in [0.05, 0.1) is 0 Å². The second-order valence-corrected chi connectivity index (χ2v) is 8.39. The number of benzene rings is 4. The van der Waals surface area contributed by atoms with Crippen LogP contribution in [0.5, 0.6) is 0 Å². The minimum atomic E-state index is 0.851. The quantitative estimate of drug-likeness (QED) is 0.299. The SMILES string of the molecule is Cc1cc2c(cc1Cc1ccc3c(c1)oc1c(C)ccc(C)c13)oc1ccccc12. The Kier molecular flexibility index (Phi) is 3.61. The Morgan fingerprint density at radius 1 is 0.600 bits per heavy atom. The van der Waals surface area contributed by atoms with E-state index in [1.807, 2.05) is 12.1 Å². The van der Waals surface area contributed by atoms with Gasteiger partial charge in [0.1, 0.15) is 22.3 Å². The van der Waals surface area contributed by atoms with Gasteiger partial charge in [-0.2, -0.15) is 0 Å². The van der Waals surface area contributed by atoms with E-state index < -0.39 is 0 Å². The van der Waals surface area contributed by atoms with Crippen molar-refractivity contribution in [2.75, 3.05) is 0 Å². The number of hydrogen-bond acceptors (Lipinski definition) is 2. The molecule has 146 valence electrons. The van der Waals surface area contributed by atoms with Gasteiger partial charge in [0, 0.05) is 21.5 Å². The summed E-state index contributed by atoms with van der Waals surface area (Å²) in [5.41, 5.74) is 10.1. The second kappa shape index (κ2) is 6.24. The first-order valence-electron chi connectivity index (χ1n) is 10.4. The van der Waals surface area contributed by atoms with E-state index >= 15 is 0 Å². The molecule has 0 saturated carbocycles. The Bertz CT molecular complexity index is 1590. The fourth-order valence-corrected chi connectivity index (χ4v) is 4.66. The van der Waals surface area contributed by atoms with Crippen LogP contribution in [0.3, 0.4) is 0 Å². The first kappa shape index (κ1) is 17.3. The first-order chi connectivity index (χ1) is 14.6. The molecule has 0 saturated heterocycles.